The summed E-state index contributed by atoms with van der Waals surface area (Å²) in [5.74, 6) is 0.416. The van der Waals surface area contributed by atoms with Crippen LogP contribution < -0.4 is 4.72 Å². The van der Waals surface area contributed by atoms with Gasteiger partial charge >= 0.3 is 5.69 Å². The lowest BCUT2D eigenvalue weighted by Gasteiger charge is -2.14. The van der Waals surface area contributed by atoms with Crippen LogP contribution in [0, 0.1) is 22.9 Å². The van der Waals surface area contributed by atoms with E-state index >= 15 is 0 Å². The molecule has 0 saturated heterocycles. The molecule has 0 aliphatic rings. The maximum Gasteiger partial charge on any atom is 0.306 e. The fourth-order valence-corrected chi connectivity index (χ4v) is 3.79. The van der Waals surface area contributed by atoms with Crippen molar-refractivity contribution in [3.63, 3.8) is 0 Å². The zero-order valence-corrected chi connectivity index (χ0v) is 13.6. The Bertz CT molecular complexity index is 634. The lowest BCUT2D eigenvalue weighted by atomic mass is 10.2. The van der Waals surface area contributed by atoms with Crippen LogP contribution in [-0.2, 0) is 10.0 Å². The minimum absolute atomic E-state index is 0.0832. The fraction of sp³-hybridized carbons (Fsp3) is 0.500. The molecular formula is C12H17FN2O4S2. The summed E-state index contributed by atoms with van der Waals surface area (Å²) < 4.78 is 40.4. The standard InChI is InChI=1S/C12H17FN2O4S2/c1-4-20-7-9(3)14-21(18,19)10-5-8(2)12(13)11(6-10)15(16)17/h5-6,9,14H,4,7H2,1-3H3. The average molecular weight is 336 g/mol. The van der Waals surface area contributed by atoms with Crippen molar-refractivity contribution in [2.75, 3.05) is 11.5 Å². The van der Waals surface area contributed by atoms with Crippen molar-refractivity contribution < 1.29 is 17.7 Å². The Morgan fingerprint density at radius 2 is 2.10 bits per heavy atom. The number of rotatable bonds is 7. The van der Waals surface area contributed by atoms with Crippen LogP contribution in [0.25, 0.3) is 0 Å². The normalized spacial score (nSPS) is 13.1. The molecule has 0 aliphatic heterocycles. The van der Waals surface area contributed by atoms with E-state index < -0.39 is 26.5 Å². The first-order valence-electron chi connectivity index (χ1n) is 6.23. The van der Waals surface area contributed by atoms with Crippen LogP contribution in [0.4, 0.5) is 10.1 Å². The Labute approximate surface area is 127 Å². The fourth-order valence-electron chi connectivity index (χ4n) is 1.67. The molecule has 9 heteroatoms. The number of benzene rings is 1. The number of thioether (sulfide) groups is 1. The quantitative estimate of drug-likeness (QED) is 0.610. The van der Waals surface area contributed by atoms with Gasteiger partial charge in [0.1, 0.15) is 0 Å². The SMILES string of the molecule is CCSCC(C)NS(=O)(=O)c1cc(C)c(F)c([N+](=O)[O-])c1. The molecule has 0 radical (unpaired) electrons. The molecule has 1 aromatic carbocycles. The number of halogens is 1. The number of nitrogens with zero attached hydrogens (tertiary/aromatic N) is 1. The van der Waals surface area contributed by atoms with Gasteiger partial charge in [0.05, 0.1) is 9.82 Å². The maximum atomic E-state index is 13.6. The molecule has 1 rings (SSSR count). The Balaban J connectivity index is 3.12. The minimum Gasteiger partial charge on any atom is -0.258 e. The van der Waals surface area contributed by atoms with E-state index in [-0.39, 0.29) is 16.5 Å². The second-order valence-corrected chi connectivity index (χ2v) is 7.55. The molecule has 0 fully saturated rings. The van der Waals surface area contributed by atoms with Gasteiger partial charge in [0, 0.05) is 17.9 Å². The third kappa shape index (κ3) is 4.65. The second-order valence-electron chi connectivity index (χ2n) is 4.51. The Morgan fingerprint density at radius 1 is 1.48 bits per heavy atom. The Hall–Kier alpha value is -1.19. The average Bonchev–Trinajstić information content (AvgIpc) is 2.38. The second kappa shape index (κ2) is 7.19. The molecule has 1 atom stereocenters. The third-order valence-corrected chi connectivity index (χ3v) is 5.36. The van der Waals surface area contributed by atoms with Crippen LogP contribution in [0.3, 0.4) is 0 Å². The van der Waals surface area contributed by atoms with E-state index in [0.717, 1.165) is 17.9 Å². The first-order chi connectivity index (χ1) is 9.69. The lowest BCUT2D eigenvalue weighted by molar-refractivity contribution is -0.387. The van der Waals surface area contributed by atoms with Gasteiger partial charge in [-0.15, -0.1) is 0 Å². The molecule has 0 aliphatic carbocycles. The summed E-state index contributed by atoms with van der Waals surface area (Å²) in [4.78, 5) is 9.53. The van der Waals surface area contributed by atoms with Crippen LogP contribution in [0.2, 0.25) is 0 Å². The highest BCUT2D eigenvalue weighted by atomic mass is 32.2. The first-order valence-corrected chi connectivity index (χ1v) is 8.87. The summed E-state index contributed by atoms with van der Waals surface area (Å²) in [6.45, 7) is 4.95. The van der Waals surface area contributed by atoms with Crippen LogP contribution >= 0.6 is 11.8 Å². The van der Waals surface area contributed by atoms with Gasteiger partial charge in [0.2, 0.25) is 15.8 Å². The Morgan fingerprint density at radius 3 is 2.62 bits per heavy atom. The summed E-state index contributed by atoms with van der Waals surface area (Å²) in [5, 5.41) is 10.8. The molecule has 0 bridgehead atoms. The molecule has 6 nitrogen and oxygen atoms in total. The number of nitro benzene ring substituents is 1. The van der Waals surface area contributed by atoms with Gasteiger partial charge in [-0.25, -0.2) is 13.1 Å². The summed E-state index contributed by atoms with van der Waals surface area (Å²) in [6.07, 6.45) is 0. The van der Waals surface area contributed by atoms with E-state index in [1.807, 2.05) is 6.92 Å². The van der Waals surface area contributed by atoms with Crippen molar-refractivity contribution in [3.05, 3.63) is 33.6 Å². The summed E-state index contributed by atoms with van der Waals surface area (Å²) in [7, 11) is -3.92. The predicted molar refractivity (Wildman–Crippen MR) is 80.6 cm³/mol. The van der Waals surface area contributed by atoms with Crippen molar-refractivity contribution >= 4 is 27.5 Å². The first kappa shape index (κ1) is 17.9. The zero-order chi connectivity index (χ0) is 16.2. The lowest BCUT2D eigenvalue weighted by Crippen LogP contribution is -2.34. The summed E-state index contributed by atoms with van der Waals surface area (Å²) in [5.41, 5.74) is -0.925. The zero-order valence-electron chi connectivity index (χ0n) is 11.9. The van der Waals surface area contributed by atoms with Crippen molar-refractivity contribution in [1.29, 1.82) is 0 Å². The van der Waals surface area contributed by atoms with Gasteiger partial charge < -0.3 is 0 Å². The molecule has 118 valence electrons. The van der Waals surface area contributed by atoms with Crippen LogP contribution in [0.15, 0.2) is 17.0 Å². The van der Waals surface area contributed by atoms with E-state index in [1.54, 1.807) is 18.7 Å². The van der Waals surface area contributed by atoms with E-state index in [2.05, 4.69) is 4.72 Å². The third-order valence-electron chi connectivity index (χ3n) is 2.64. The van der Waals surface area contributed by atoms with Gasteiger partial charge in [-0.1, -0.05) is 6.92 Å². The monoisotopic (exact) mass is 336 g/mol. The number of aryl methyl sites for hydroxylation is 1. The number of nitrogens with one attached hydrogen (secondary N) is 1. The van der Waals surface area contributed by atoms with Gasteiger partial charge in [-0.3, -0.25) is 10.1 Å². The van der Waals surface area contributed by atoms with E-state index in [9.17, 15) is 22.9 Å². The van der Waals surface area contributed by atoms with Crippen LogP contribution in [0.1, 0.15) is 19.4 Å². The summed E-state index contributed by atoms with van der Waals surface area (Å²) >= 11 is 1.57. The van der Waals surface area contributed by atoms with Gasteiger partial charge in [0.15, 0.2) is 0 Å². The molecule has 1 N–H and O–H groups in total. The highest BCUT2D eigenvalue weighted by Crippen LogP contribution is 2.25. The molecule has 1 aromatic rings. The van der Waals surface area contributed by atoms with Crippen molar-refractivity contribution in [2.45, 2.75) is 31.7 Å². The van der Waals surface area contributed by atoms with E-state index in [4.69, 9.17) is 0 Å². The van der Waals surface area contributed by atoms with E-state index in [0.29, 0.717) is 5.75 Å². The summed E-state index contributed by atoms with van der Waals surface area (Å²) in [6, 6.07) is 1.50. The number of sulfonamides is 1. The molecule has 0 amide bonds. The van der Waals surface area contributed by atoms with Gasteiger partial charge in [-0.2, -0.15) is 16.2 Å². The highest BCUT2D eigenvalue weighted by molar-refractivity contribution is 7.99. The van der Waals surface area contributed by atoms with E-state index in [1.165, 1.54) is 6.92 Å². The molecular weight excluding hydrogens is 319 g/mol. The van der Waals surface area contributed by atoms with Crippen molar-refractivity contribution in [2.24, 2.45) is 0 Å². The molecule has 1 unspecified atom stereocenters. The Kier molecular flexibility index (Phi) is 6.11. The van der Waals surface area contributed by atoms with Gasteiger partial charge in [0.25, 0.3) is 0 Å². The van der Waals surface area contributed by atoms with Crippen molar-refractivity contribution in [3.8, 4) is 0 Å². The smallest absolute Gasteiger partial charge is 0.258 e. The largest absolute Gasteiger partial charge is 0.306 e. The molecule has 0 saturated carbocycles. The number of nitro groups is 1. The van der Waals surface area contributed by atoms with Crippen LogP contribution in [-0.4, -0.2) is 30.9 Å². The predicted octanol–water partition coefficient (Wildman–Crippen LogP) is 2.46. The molecule has 0 spiro atoms. The number of hydrogen-bond donors (Lipinski definition) is 1. The van der Waals surface area contributed by atoms with Crippen LogP contribution in [0.5, 0.6) is 0 Å². The highest BCUT2D eigenvalue weighted by Gasteiger charge is 2.24. The van der Waals surface area contributed by atoms with Crippen molar-refractivity contribution in [1.82, 2.24) is 4.72 Å². The topological polar surface area (TPSA) is 89.3 Å². The molecule has 21 heavy (non-hydrogen) atoms. The van der Waals surface area contributed by atoms with Gasteiger partial charge in [-0.05, 0) is 31.2 Å². The molecule has 0 aromatic heterocycles. The maximum absolute atomic E-state index is 13.6. The minimum atomic E-state index is -3.92. The molecule has 0 heterocycles. The number of hydrogen-bond acceptors (Lipinski definition) is 5.